The number of hydrogen-bond donors (Lipinski definition) is 2. The molecular weight excluding hydrogens is 232 g/mol. The summed E-state index contributed by atoms with van der Waals surface area (Å²) in [4.78, 5) is 23.0. The number of hydrogen-bond acceptors (Lipinski definition) is 2. The molecule has 0 amide bonds. The normalized spacial score (nSPS) is 65.1. The molecule has 18 heavy (non-hydrogen) atoms. The van der Waals surface area contributed by atoms with Gasteiger partial charge in [-0.1, -0.05) is 0 Å². The van der Waals surface area contributed by atoms with Crippen LogP contribution in [0.4, 0.5) is 0 Å². The first-order valence-corrected chi connectivity index (χ1v) is 7.07. The summed E-state index contributed by atoms with van der Waals surface area (Å²) in [5.41, 5.74) is 0. The molecule has 4 atom stereocenters. The van der Waals surface area contributed by atoms with Gasteiger partial charge in [0.1, 0.15) is 0 Å². The second kappa shape index (κ2) is 2.61. The van der Waals surface area contributed by atoms with E-state index in [4.69, 9.17) is 0 Å². The molecule has 2 N–H and O–H groups in total. The van der Waals surface area contributed by atoms with E-state index in [-0.39, 0.29) is 11.8 Å². The highest BCUT2D eigenvalue weighted by Crippen LogP contribution is 2.82. The molecule has 5 aliphatic carbocycles. The minimum Gasteiger partial charge on any atom is -0.481 e. The Labute approximate surface area is 104 Å². The predicted octanol–water partition coefficient (Wildman–Crippen LogP) is 1.17. The van der Waals surface area contributed by atoms with Crippen molar-refractivity contribution in [1.82, 2.24) is 0 Å². The van der Waals surface area contributed by atoms with Crippen LogP contribution in [0.5, 0.6) is 0 Å². The molecule has 0 spiro atoms. The molecule has 4 nitrogen and oxygen atoms in total. The lowest BCUT2D eigenvalue weighted by Gasteiger charge is -2.44. The van der Waals surface area contributed by atoms with Crippen LogP contribution in [-0.2, 0) is 9.59 Å². The van der Waals surface area contributed by atoms with Crippen LogP contribution in [0.1, 0.15) is 12.8 Å². The van der Waals surface area contributed by atoms with Crippen LogP contribution >= 0.6 is 0 Å². The zero-order chi connectivity index (χ0) is 12.3. The Bertz CT molecular complexity index is 406. The van der Waals surface area contributed by atoms with Crippen LogP contribution in [0.15, 0.2) is 0 Å². The molecule has 5 fully saturated rings. The molecule has 4 unspecified atom stereocenters. The van der Waals surface area contributed by atoms with Gasteiger partial charge in [-0.3, -0.25) is 9.59 Å². The fraction of sp³-hybridized carbons (Fsp3) is 0.857. The summed E-state index contributed by atoms with van der Waals surface area (Å²) in [5, 5.41) is 19.0. The molecule has 5 saturated carbocycles. The minimum atomic E-state index is -0.619. The third-order valence-electron chi connectivity index (χ3n) is 7.26. The predicted molar refractivity (Wildman–Crippen MR) is 59.4 cm³/mol. The maximum absolute atomic E-state index is 11.5. The molecule has 0 aromatic carbocycles. The topological polar surface area (TPSA) is 74.6 Å². The summed E-state index contributed by atoms with van der Waals surface area (Å²) < 4.78 is 0. The SMILES string of the molecule is O=C(O)C1C2CC3C(C(=O)O)C4CC1C1C2C3C41. The van der Waals surface area contributed by atoms with E-state index in [0.29, 0.717) is 47.3 Å². The summed E-state index contributed by atoms with van der Waals surface area (Å²) >= 11 is 0. The van der Waals surface area contributed by atoms with Gasteiger partial charge in [0.15, 0.2) is 0 Å². The van der Waals surface area contributed by atoms with Crippen LogP contribution in [0.2, 0.25) is 0 Å². The van der Waals surface area contributed by atoms with Crippen molar-refractivity contribution in [2.24, 2.45) is 59.2 Å². The summed E-state index contributed by atoms with van der Waals surface area (Å²) in [6.07, 6.45) is 1.76. The second-order valence-corrected chi connectivity index (χ2v) is 7.16. The maximum Gasteiger partial charge on any atom is 0.307 e. The Morgan fingerprint density at radius 2 is 0.944 bits per heavy atom. The van der Waals surface area contributed by atoms with Gasteiger partial charge in [0, 0.05) is 0 Å². The van der Waals surface area contributed by atoms with Crippen molar-refractivity contribution in [1.29, 1.82) is 0 Å². The molecular formula is C14H16O4. The molecule has 0 aromatic heterocycles. The van der Waals surface area contributed by atoms with Crippen molar-refractivity contribution in [3.8, 4) is 0 Å². The molecule has 0 aliphatic heterocycles. The molecule has 0 radical (unpaired) electrons. The number of carboxylic acids is 2. The zero-order valence-electron chi connectivity index (χ0n) is 9.90. The highest BCUT2D eigenvalue weighted by Gasteiger charge is 2.80. The monoisotopic (exact) mass is 248 g/mol. The minimum absolute atomic E-state index is 0.155. The molecule has 0 bridgehead atoms. The number of aliphatic carboxylic acids is 2. The highest BCUT2D eigenvalue weighted by molar-refractivity contribution is 5.75. The molecule has 0 aromatic rings. The van der Waals surface area contributed by atoms with Gasteiger partial charge in [-0.2, -0.15) is 0 Å². The summed E-state index contributed by atoms with van der Waals surface area (Å²) in [6.45, 7) is 0. The number of carboxylic acid groups (broad SMARTS) is 2. The molecule has 0 saturated heterocycles. The maximum atomic E-state index is 11.5. The van der Waals surface area contributed by atoms with Crippen molar-refractivity contribution in [2.75, 3.05) is 0 Å². The summed E-state index contributed by atoms with van der Waals surface area (Å²) in [6, 6.07) is 0. The fourth-order valence-corrected chi connectivity index (χ4v) is 7.33. The van der Waals surface area contributed by atoms with Gasteiger partial charge >= 0.3 is 11.9 Å². The molecule has 0 heterocycles. The van der Waals surface area contributed by atoms with Crippen molar-refractivity contribution < 1.29 is 19.8 Å². The first-order chi connectivity index (χ1) is 8.61. The van der Waals surface area contributed by atoms with Crippen molar-refractivity contribution in [3.05, 3.63) is 0 Å². The summed E-state index contributed by atoms with van der Waals surface area (Å²) in [5.74, 6) is 1.92. The van der Waals surface area contributed by atoms with Gasteiger partial charge in [-0.15, -0.1) is 0 Å². The Kier molecular flexibility index (Phi) is 1.42. The van der Waals surface area contributed by atoms with Crippen molar-refractivity contribution >= 4 is 11.9 Å². The quantitative estimate of drug-likeness (QED) is 0.769. The van der Waals surface area contributed by atoms with Gasteiger partial charge in [0.05, 0.1) is 11.8 Å². The van der Waals surface area contributed by atoms with Crippen LogP contribution in [-0.4, -0.2) is 22.2 Å². The van der Waals surface area contributed by atoms with Gasteiger partial charge in [0.2, 0.25) is 0 Å². The van der Waals surface area contributed by atoms with E-state index in [1.807, 2.05) is 0 Å². The first kappa shape index (κ1) is 9.82. The second-order valence-electron chi connectivity index (χ2n) is 7.16. The van der Waals surface area contributed by atoms with E-state index in [1.54, 1.807) is 0 Å². The van der Waals surface area contributed by atoms with E-state index in [9.17, 15) is 19.8 Å². The Hall–Kier alpha value is -1.06. The summed E-state index contributed by atoms with van der Waals surface area (Å²) in [7, 11) is 0. The number of rotatable bonds is 2. The van der Waals surface area contributed by atoms with Gasteiger partial charge < -0.3 is 10.2 Å². The van der Waals surface area contributed by atoms with E-state index in [0.717, 1.165) is 12.8 Å². The van der Waals surface area contributed by atoms with E-state index in [1.165, 1.54) is 0 Å². The Morgan fingerprint density at radius 3 is 1.17 bits per heavy atom. The third-order valence-corrected chi connectivity index (χ3v) is 7.26. The third kappa shape index (κ3) is 0.733. The van der Waals surface area contributed by atoms with Crippen LogP contribution < -0.4 is 0 Å². The van der Waals surface area contributed by atoms with Crippen molar-refractivity contribution in [3.63, 3.8) is 0 Å². The molecule has 96 valence electrons. The van der Waals surface area contributed by atoms with Crippen molar-refractivity contribution in [2.45, 2.75) is 12.8 Å². The van der Waals surface area contributed by atoms with Gasteiger partial charge in [-0.05, 0) is 60.2 Å². The lowest BCUT2D eigenvalue weighted by Crippen LogP contribution is -2.41. The van der Waals surface area contributed by atoms with E-state index >= 15 is 0 Å². The first-order valence-electron chi connectivity index (χ1n) is 7.07. The van der Waals surface area contributed by atoms with E-state index < -0.39 is 11.9 Å². The Morgan fingerprint density at radius 1 is 0.667 bits per heavy atom. The van der Waals surface area contributed by atoms with Crippen LogP contribution in [0.3, 0.4) is 0 Å². The highest BCUT2D eigenvalue weighted by atomic mass is 16.4. The largest absolute Gasteiger partial charge is 0.481 e. The average molecular weight is 248 g/mol. The number of carbonyl (C=O) groups is 2. The smallest absolute Gasteiger partial charge is 0.307 e. The lowest BCUT2D eigenvalue weighted by molar-refractivity contribution is -0.146. The lowest BCUT2D eigenvalue weighted by atomic mass is 9.60. The van der Waals surface area contributed by atoms with Gasteiger partial charge in [-0.25, -0.2) is 0 Å². The average Bonchev–Trinajstić information content (AvgIpc) is 2.71. The molecule has 5 rings (SSSR count). The van der Waals surface area contributed by atoms with Crippen LogP contribution in [0.25, 0.3) is 0 Å². The molecule has 5 aliphatic rings. The standard InChI is InChI=1S/C14H16O4/c15-13(16)7-3-1-4-8(14(17)18)6-2-5(7)11-9(3)10(4)12(6)11/h3-12H,1-2H2,(H,15,16)(H,17,18). The molecule has 4 heteroatoms. The fourth-order valence-electron chi connectivity index (χ4n) is 7.33. The Balaban J connectivity index is 1.65. The van der Waals surface area contributed by atoms with E-state index in [2.05, 4.69) is 0 Å². The van der Waals surface area contributed by atoms with Gasteiger partial charge in [0.25, 0.3) is 0 Å². The zero-order valence-corrected chi connectivity index (χ0v) is 9.90. The van der Waals surface area contributed by atoms with Crippen LogP contribution in [0, 0.1) is 59.2 Å².